The first-order valence-electron chi connectivity index (χ1n) is 6.52. The summed E-state index contributed by atoms with van der Waals surface area (Å²) in [7, 11) is -2.35. The van der Waals surface area contributed by atoms with Gasteiger partial charge in [0.15, 0.2) is 0 Å². The van der Waals surface area contributed by atoms with Crippen molar-refractivity contribution in [2.75, 3.05) is 7.05 Å². The van der Waals surface area contributed by atoms with Crippen LogP contribution >= 0.6 is 0 Å². The van der Waals surface area contributed by atoms with Gasteiger partial charge in [-0.25, -0.2) is 17.2 Å². The Morgan fingerprint density at radius 2 is 1.77 bits per heavy atom. The molecule has 0 bridgehead atoms. The SMILES string of the molecule is CN(Cc1ccc(F)cc1F)S(=O)(=O)/C=C/c1ccccc1. The Labute approximate surface area is 128 Å². The highest BCUT2D eigenvalue weighted by molar-refractivity contribution is 7.92. The van der Waals surface area contributed by atoms with E-state index in [4.69, 9.17) is 0 Å². The Kier molecular flexibility index (Phi) is 5.05. The molecule has 0 heterocycles. The number of halogens is 2. The van der Waals surface area contributed by atoms with Crippen LogP contribution in [0, 0.1) is 11.6 Å². The Morgan fingerprint density at radius 1 is 1.09 bits per heavy atom. The monoisotopic (exact) mass is 323 g/mol. The van der Waals surface area contributed by atoms with Crippen LogP contribution in [0.1, 0.15) is 11.1 Å². The molecule has 0 aliphatic heterocycles. The van der Waals surface area contributed by atoms with Crippen molar-refractivity contribution in [1.29, 1.82) is 0 Å². The van der Waals surface area contributed by atoms with Crippen LogP contribution in [0.25, 0.3) is 6.08 Å². The van der Waals surface area contributed by atoms with Crippen molar-refractivity contribution in [2.24, 2.45) is 0 Å². The first-order chi connectivity index (χ1) is 10.4. The number of benzene rings is 2. The van der Waals surface area contributed by atoms with Crippen LogP contribution in [-0.4, -0.2) is 19.8 Å². The molecule has 0 aliphatic carbocycles. The number of hydrogen-bond acceptors (Lipinski definition) is 2. The van der Waals surface area contributed by atoms with Gasteiger partial charge in [-0.1, -0.05) is 36.4 Å². The zero-order valence-electron chi connectivity index (χ0n) is 11.9. The molecule has 0 unspecified atom stereocenters. The molecule has 0 radical (unpaired) electrons. The molecule has 116 valence electrons. The summed E-state index contributed by atoms with van der Waals surface area (Å²) >= 11 is 0. The van der Waals surface area contributed by atoms with Crippen molar-refractivity contribution in [2.45, 2.75) is 6.54 Å². The summed E-state index contributed by atoms with van der Waals surface area (Å²) in [6.45, 7) is -0.173. The highest BCUT2D eigenvalue weighted by atomic mass is 32.2. The summed E-state index contributed by atoms with van der Waals surface area (Å²) in [6.07, 6.45) is 1.47. The molecular weight excluding hydrogens is 308 g/mol. The van der Waals surface area contributed by atoms with Gasteiger partial charge >= 0.3 is 0 Å². The van der Waals surface area contributed by atoms with Crippen LogP contribution in [0.3, 0.4) is 0 Å². The van der Waals surface area contributed by atoms with E-state index in [0.717, 1.165) is 27.4 Å². The molecule has 3 nitrogen and oxygen atoms in total. The maximum atomic E-state index is 13.6. The fourth-order valence-corrected chi connectivity index (χ4v) is 2.67. The molecule has 0 amide bonds. The lowest BCUT2D eigenvalue weighted by molar-refractivity contribution is 0.462. The minimum absolute atomic E-state index is 0.112. The summed E-state index contributed by atoms with van der Waals surface area (Å²) in [5.41, 5.74) is 0.855. The summed E-state index contributed by atoms with van der Waals surface area (Å²) in [4.78, 5) is 0. The van der Waals surface area contributed by atoms with E-state index in [1.54, 1.807) is 24.3 Å². The van der Waals surface area contributed by atoms with Gasteiger partial charge in [-0.05, 0) is 17.7 Å². The lowest BCUT2D eigenvalue weighted by Gasteiger charge is -2.15. The second-order valence-electron chi connectivity index (χ2n) is 4.75. The number of sulfonamides is 1. The summed E-state index contributed by atoms with van der Waals surface area (Å²) in [5.74, 6) is -1.47. The molecule has 0 aromatic heterocycles. The van der Waals surface area contributed by atoms with Gasteiger partial charge in [-0.3, -0.25) is 0 Å². The van der Waals surface area contributed by atoms with E-state index in [0.29, 0.717) is 0 Å². The predicted octanol–water partition coefficient (Wildman–Crippen LogP) is 3.40. The smallest absolute Gasteiger partial charge is 0.208 e. The molecule has 0 saturated carbocycles. The Bertz CT molecular complexity index is 774. The van der Waals surface area contributed by atoms with Crippen LogP contribution in [0.4, 0.5) is 8.78 Å². The molecule has 0 saturated heterocycles. The van der Waals surface area contributed by atoms with Crippen molar-refractivity contribution >= 4 is 16.1 Å². The zero-order valence-corrected chi connectivity index (χ0v) is 12.7. The summed E-state index contributed by atoms with van der Waals surface area (Å²) in [6, 6.07) is 12.0. The highest BCUT2D eigenvalue weighted by Gasteiger charge is 2.16. The quantitative estimate of drug-likeness (QED) is 0.846. The van der Waals surface area contributed by atoms with Crippen molar-refractivity contribution in [1.82, 2.24) is 4.31 Å². The van der Waals surface area contributed by atoms with Gasteiger partial charge in [0.05, 0.1) is 0 Å². The van der Waals surface area contributed by atoms with E-state index in [1.165, 1.54) is 19.2 Å². The fourth-order valence-electron chi connectivity index (χ4n) is 1.81. The van der Waals surface area contributed by atoms with Gasteiger partial charge in [0.1, 0.15) is 11.6 Å². The van der Waals surface area contributed by atoms with E-state index in [1.807, 2.05) is 6.07 Å². The minimum Gasteiger partial charge on any atom is -0.208 e. The number of hydrogen-bond donors (Lipinski definition) is 0. The van der Waals surface area contributed by atoms with Gasteiger partial charge < -0.3 is 0 Å². The molecule has 2 rings (SSSR count). The third kappa shape index (κ3) is 4.22. The van der Waals surface area contributed by atoms with Crippen LogP contribution in [0.15, 0.2) is 53.9 Å². The maximum absolute atomic E-state index is 13.6. The first-order valence-corrected chi connectivity index (χ1v) is 8.02. The second kappa shape index (κ2) is 6.81. The van der Waals surface area contributed by atoms with Gasteiger partial charge in [-0.2, -0.15) is 4.31 Å². The summed E-state index contributed by atoms with van der Waals surface area (Å²) < 4.78 is 51.7. The molecule has 2 aromatic rings. The van der Waals surface area contributed by atoms with Crippen LogP contribution < -0.4 is 0 Å². The topological polar surface area (TPSA) is 37.4 Å². The minimum atomic E-state index is -3.69. The fraction of sp³-hybridized carbons (Fsp3) is 0.125. The van der Waals surface area contributed by atoms with E-state index in [9.17, 15) is 17.2 Å². The molecule has 22 heavy (non-hydrogen) atoms. The van der Waals surface area contributed by atoms with Gasteiger partial charge in [-0.15, -0.1) is 0 Å². The molecule has 0 fully saturated rings. The Balaban J connectivity index is 2.13. The lowest BCUT2D eigenvalue weighted by atomic mass is 10.2. The third-order valence-corrected chi connectivity index (χ3v) is 4.55. The average molecular weight is 323 g/mol. The molecule has 0 aliphatic rings. The predicted molar refractivity (Wildman–Crippen MR) is 82.2 cm³/mol. The Hall–Kier alpha value is -2.05. The van der Waals surface area contributed by atoms with E-state index < -0.39 is 21.7 Å². The zero-order chi connectivity index (χ0) is 16.2. The average Bonchev–Trinajstić information content (AvgIpc) is 2.49. The third-order valence-electron chi connectivity index (χ3n) is 3.07. The summed E-state index contributed by atoms with van der Waals surface area (Å²) in [5, 5.41) is 1.06. The molecule has 0 spiro atoms. The number of nitrogens with zero attached hydrogens (tertiary/aromatic N) is 1. The standard InChI is InChI=1S/C16H15F2NO2S/c1-19(12-14-7-8-15(17)11-16(14)18)22(20,21)10-9-13-5-3-2-4-6-13/h2-11H,12H2,1H3/b10-9+. The van der Waals surface area contributed by atoms with Crippen LogP contribution in [-0.2, 0) is 16.6 Å². The second-order valence-corrected chi connectivity index (χ2v) is 6.68. The van der Waals surface area contributed by atoms with E-state index >= 15 is 0 Å². The van der Waals surface area contributed by atoms with Gasteiger partial charge in [0, 0.05) is 30.6 Å². The first kappa shape index (κ1) is 16.3. The maximum Gasteiger partial charge on any atom is 0.236 e. The van der Waals surface area contributed by atoms with Crippen LogP contribution in [0.5, 0.6) is 0 Å². The lowest BCUT2D eigenvalue weighted by Crippen LogP contribution is -2.24. The molecule has 2 aromatic carbocycles. The van der Waals surface area contributed by atoms with Crippen LogP contribution in [0.2, 0.25) is 0 Å². The van der Waals surface area contributed by atoms with Gasteiger partial charge in [0.25, 0.3) is 0 Å². The van der Waals surface area contributed by atoms with Crippen molar-refractivity contribution in [3.8, 4) is 0 Å². The van der Waals surface area contributed by atoms with Gasteiger partial charge in [0.2, 0.25) is 10.0 Å². The largest absolute Gasteiger partial charge is 0.236 e. The van der Waals surface area contributed by atoms with E-state index in [2.05, 4.69) is 0 Å². The molecular formula is C16H15F2NO2S. The number of rotatable bonds is 5. The van der Waals surface area contributed by atoms with Crippen molar-refractivity contribution < 1.29 is 17.2 Å². The van der Waals surface area contributed by atoms with Crippen molar-refractivity contribution in [3.63, 3.8) is 0 Å². The molecule has 0 atom stereocenters. The van der Waals surface area contributed by atoms with E-state index in [-0.39, 0.29) is 12.1 Å². The van der Waals surface area contributed by atoms with Crippen molar-refractivity contribution in [3.05, 3.63) is 76.7 Å². The Morgan fingerprint density at radius 3 is 2.41 bits per heavy atom. The molecule has 0 N–H and O–H groups in total. The molecule has 6 heteroatoms. The normalized spacial score (nSPS) is 12.2. The highest BCUT2D eigenvalue weighted by Crippen LogP contribution is 2.14.